The molecule has 3 aromatic heterocycles. The zero-order chi connectivity index (χ0) is 23.8. The maximum absolute atomic E-state index is 13.0. The molecule has 4 aromatic rings. The highest BCUT2D eigenvalue weighted by molar-refractivity contribution is 5.87. The van der Waals surface area contributed by atoms with E-state index in [1.165, 1.54) is 48.0 Å². The van der Waals surface area contributed by atoms with Gasteiger partial charge in [-0.05, 0) is 68.1 Å². The van der Waals surface area contributed by atoms with Gasteiger partial charge in [0.05, 0.1) is 22.9 Å². The van der Waals surface area contributed by atoms with E-state index in [-0.39, 0.29) is 5.56 Å². The summed E-state index contributed by atoms with van der Waals surface area (Å²) in [5.74, 6) is 0. The molecule has 1 atom stereocenters. The molecule has 0 saturated carbocycles. The summed E-state index contributed by atoms with van der Waals surface area (Å²) in [6.45, 7) is 8.39. The lowest BCUT2D eigenvalue weighted by atomic mass is 9.91. The Kier molecular flexibility index (Phi) is 6.13. The number of pyridine rings is 2. The van der Waals surface area contributed by atoms with E-state index < -0.39 is 0 Å². The van der Waals surface area contributed by atoms with E-state index in [9.17, 15) is 4.79 Å². The molecule has 2 aliphatic heterocycles. The van der Waals surface area contributed by atoms with Crippen molar-refractivity contribution in [3.05, 3.63) is 82.0 Å². The van der Waals surface area contributed by atoms with Crippen LogP contribution in [0.2, 0.25) is 0 Å². The predicted octanol–water partition coefficient (Wildman–Crippen LogP) is 5.81. The van der Waals surface area contributed by atoms with Crippen LogP contribution in [0.1, 0.15) is 56.0 Å². The molecule has 0 spiro atoms. The highest BCUT2D eigenvalue weighted by Crippen LogP contribution is 2.41. The highest BCUT2D eigenvalue weighted by atomic mass is 16.1. The summed E-state index contributed by atoms with van der Waals surface area (Å²) in [7, 11) is 2.19. The minimum atomic E-state index is -0.0401. The Morgan fingerprint density at radius 2 is 1.85 bits per heavy atom. The predicted molar refractivity (Wildman–Crippen MR) is 140 cm³/mol. The molecular formula is C29H34N4O. The van der Waals surface area contributed by atoms with Gasteiger partial charge in [-0.2, -0.15) is 0 Å². The zero-order valence-electron chi connectivity index (χ0n) is 20.7. The van der Waals surface area contributed by atoms with Crippen LogP contribution in [0.3, 0.4) is 0 Å². The van der Waals surface area contributed by atoms with Gasteiger partial charge in [0.25, 0.3) is 5.56 Å². The van der Waals surface area contributed by atoms with Crippen LogP contribution >= 0.6 is 0 Å². The van der Waals surface area contributed by atoms with Crippen molar-refractivity contribution in [1.29, 1.82) is 0 Å². The van der Waals surface area contributed by atoms with Crippen LogP contribution in [-0.2, 0) is 13.5 Å². The van der Waals surface area contributed by atoms with E-state index in [2.05, 4.69) is 39.7 Å². The number of rotatable bonds is 2. The molecular weight excluding hydrogens is 420 g/mol. The molecule has 0 bridgehead atoms. The molecule has 5 heteroatoms. The molecule has 0 N–H and O–H groups in total. The fraction of sp³-hybridized carbons (Fsp3) is 0.379. The number of aromatic nitrogens is 3. The van der Waals surface area contributed by atoms with Crippen LogP contribution in [0.4, 0.5) is 0 Å². The molecule has 0 radical (unpaired) electrons. The van der Waals surface area contributed by atoms with Crippen LogP contribution in [-0.4, -0.2) is 32.1 Å². The van der Waals surface area contributed by atoms with Crippen LogP contribution < -0.4 is 5.56 Å². The number of benzene rings is 1. The van der Waals surface area contributed by atoms with Gasteiger partial charge in [0.2, 0.25) is 0 Å². The standard InChI is InChI=1S/C27H28N4O.C2H6/c1-18-6-9-23(28-17-18)19-10-14-31(26(32)15-19)20-7-8-21-22-11-13-30-12-4-3-5-24(30)27(22)29(2)25(21)16-20;1-2/h6-10,14-17,24H,3-5,11-13H2,1-2H3;1-2H3. The molecule has 1 aromatic carbocycles. The van der Waals surface area contributed by atoms with E-state index in [0.29, 0.717) is 6.04 Å². The molecule has 0 aliphatic carbocycles. The van der Waals surface area contributed by atoms with Gasteiger partial charge in [0.15, 0.2) is 0 Å². The van der Waals surface area contributed by atoms with E-state index in [0.717, 1.165) is 35.5 Å². The first-order valence-corrected chi connectivity index (χ1v) is 12.6. The van der Waals surface area contributed by atoms with Gasteiger partial charge in [-0.25, -0.2) is 0 Å². The minimum Gasteiger partial charge on any atom is -0.346 e. The Morgan fingerprint density at radius 3 is 2.62 bits per heavy atom. The number of hydrogen-bond acceptors (Lipinski definition) is 3. The topological polar surface area (TPSA) is 43.1 Å². The normalized spacial score (nSPS) is 17.6. The van der Waals surface area contributed by atoms with Gasteiger partial charge in [-0.3, -0.25) is 19.2 Å². The maximum Gasteiger partial charge on any atom is 0.255 e. The summed E-state index contributed by atoms with van der Waals surface area (Å²) in [5, 5.41) is 1.34. The highest BCUT2D eigenvalue weighted by Gasteiger charge is 2.33. The van der Waals surface area contributed by atoms with Crippen molar-refractivity contribution >= 4 is 10.9 Å². The van der Waals surface area contributed by atoms with Gasteiger partial charge < -0.3 is 4.57 Å². The van der Waals surface area contributed by atoms with Crippen molar-refractivity contribution in [2.45, 2.75) is 52.5 Å². The average Bonchev–Trinajstić information content (AvgIpc) is 3.17. The smallest absolute Gasteiger partial charge is 0.255 e. The first kappa shape index (κ1) is 22.6. The Balaban J connectivity index is 0.00000117. The average molecular weight is 455 g/mol. The summed E-state index contributed by atoms with van der Waals surface area (Å²) in [6, 6.07) is 14.6. The minimum absolute atomic E-state index is 0.0401. The molecule has 34 heavy (non-hydrogen) atoms. The second kappa shape index (κ2) is 9.22. The maximum atomic E-state index is 13.0. The van der Waals surface area contributed by atoms with E-state index in [4.69, 9.17) is 0 Å². The molecule has 5 heterocycles. The SMILES string of the molecule is CC.Cc1ccc(-c2ccn(-c3ccc4c5c(n(C)c4c3)C3CCCCN3CC5)c(=O)c2)nc1. The summed E-state index contributed by atoms with van der Waals surface area (Å²) in [6.07, 6.45) is 8.69. The quantitative estimate of drug-likeness (QED) is 0.384. The Labute approximate surface area is 201 Å². The fourth-order valence-corrected chi connectivity index (χ4v) is 5.67. The van der Waals surface area contributed by atoms with Crippen LogP contribution in [0.5, 0.6) is 0 Å². The van der Waals surface area contributed by atoms with E-state index in [1.54, 1.807) is 10.6 Å². The molecule has 2 aliphatic rings. The molecule has 5 nitrogen and oxygen atoms in total. The van der Waals surface area contributed by atoms with Crippen molar-refractivity contribution < 1.29 is 0 Å². The summed E-state index contributed by atoms with van der Waals surface area (Å²) in [5.41, 5.74) is 7.85. The van der Waals surface area contributed by atoms with Crippen molar-refractivity contribution in [2.75, 3.05) is 13.1 Å². The van der Waals surface area contributed by atoms with Crippen molar-refractivity contribution in [3.63, 3.8) is 0 Å². The molecule has 176 valence electrons. The summed E-state index contributed by atoms with van der Waals surface area (Å²) < 4.78 is 4.11. The van der Waals surface area contributed by atoms with Gasteiger partial charge >= 0.3 is 0 Å². The Hall–Kier alpha value is -3.18. The van der Waals surface area contributed by atoms with Crippen LogP contribution in [0, 0.1) is 6.92 Å². The lowest BCUT2D eigenvalue weighted by Crippen LogP contribution is -2.39. The third kappa shape index (κ3) is 3.78. The lowest BCUT2D eigenvalue weighted by Gasteiger charge is -2.40. The van der Waals surface area contributed by atoms with Crippen LogP contribution in [0.15, 0.2) is 59.7 Å². The van der Waals surface area contributed by atoms with Gasteiger partial charge in [-0.1, -0.05) is 32.4 Å². The monoisotopic (exact) mass is 454 g/mol. The third-order valence-corrected chi connectivity index (χ3v) is 7.32. The molecule has 1 fully saturated rings. The largest absolute Gasteiger partial charge is 0.346 e. The molecule has 6 rings (SSSR count). The number of nitrogens with zero attached hydrogens (tertiary/aromatic N) is 4. The molecule has 1 unspecified atom stereocenters. The first-order valence-electron chi connectivity index (χ1n) is 12.6. The number of piperidine rings is 1. The fourth-order valence-electron chi connectivity index (χ4n) is 5.67. The van der Waals surface area contributed by atoms with Crippen molar-refractivity contribution in [1.82, 2.24) is 19.0 Å². The second-order valence-corrected chi connectivity index (χ2v) is 9.27. The summed E-state index contributed by atoms with van der Waals surface area (Å²) in [4.78, 5) is 20.1. The number of hydrogen-bond donors (Lipinski definition) is 0. The van der Waals surface area contributed by atoms with E-state index >= 15 is 0 Å². The van der Waals surface area contributed by atoms with Crippen molar-refractivity contribution in [2.24, 2.45) is 7.05 Å². The lowest BCUT2D eigenvalue weighted by molar-refractivity contribution is 0.133. The summed E-state index contributed by atoms with van der Waals surface area (Å²) >= 11 is 0. The third-order valence-electron chi connectivity index (χ3n) is 7.32. The molecule has 0 amide bonds. The van der Waals surface area contributed by atoms with Gasteiger partial charge in [0.1, 0.15) is 0 Å². The van der Waals surface area contributed by atoms with Gasteiger partial charge in [-0.15, -0.1) is 0 Å². The Bertz CT molecular complexity index is 1380. The van der Waals surface area contributed by atoms with Gasteiger partial charge in [0, 0.05) is 48.7 Å². The first-order chi connectivity index (χ1) is 16.6. The van der Waals surface area contributed by atoms with E-state index in [1.807, 2.05) is 51.4 Å². The van der Waals surface area contributed by atoms with Crippen LogP contribution in [0.25, 0.3) is 27.8 Å². The number of fused-ring (bicyclic) bond motifs is 5. The molecule has 1 saturated heterocycles. The second-order valence-electron chi connectivity index (χ2n) is 9.27. The van der Waals surface area contributed by atoms with Crippen molar-refractivity contribution in [3.8, 4) is 16.9 Å². The number of aryl methyl sites for hydroxylation is 2. The zero-order valence-corrected chi connectivity index (χ0v) is 20.7. The Morgan fingerprint density at radius 1 is 1.00 bits per heavy atom.